The van der Waals surface area contributed by atoms with Crippen LogP contribution in [0.4, 0.5) is 0 Å². The third-order valence-corrected chi connectivity index (χ3v) is 7.16. The zero-order chi connectivity index (χ0) is 26.8. The molecule has 1 aliphatic heterocycles. The van der Waals surface area contributed by atoms with E-state index in [-0.39, 0.29) is 11.9 Å². The molecule has 0 saturated carbocycles. The van der Waals surface area contributed by atoms with Crippen LogP contribution in [0.1, 0.15) is 45.1 Å². The molecule has 0 bridgehead atoms. The molecule has 5 rings (SSSR count). The highest BCUT2D eigenvalue weighted by Gasteiger charge is 2.22. The van der Waals surface area contributed by atoms with Crippen molar-refractivity contribution in [3.05, 3.63) is 70.3 Å². The number of carbonyl (C=O) groups is 2. The molecular weight excluding hydrogens is 484 g/mol. The first kappa shape index (κ1) is 25.5. The van der Waals surface area contributed by atoms with E-state index in [1.807, 2.05) is 54.6 Å². The summed E-state index contributed by atoms with van der Waals surface area (Å²) in [5, 5.41) is 17.5. The molecule has 3 aromatic heterocycles. The van der Waals surface area contributed by atoms with Crippen molar-refractivity contribution < 1.29 is 14.3 Å². The summed E-state index contributed by atoms with van der Waals surface area (Å²) in [4.78, 5) is 28.9. The first-order chi connectivity index (χ1) is 18.3. The lowest BCUT2D eigenvalue weighted by atomic mass is 10.1. The largest absolute Gasteiger partial charge is 0.465 e. The van der Waals surface area contributed by atoms with Crippen LogP contribution >= 0.6 is 0 Å². The fourth-order valence-electron chi connectivity index (χ4n) is 4.93. The maximum Gasteiger partial charge on any atom is 0.337 e. The molecule has 1 amide bonds. The maximum atomic E-state index is 13.0. The van der Waals surface area contributed by atoms with Gasteiger partial charge in [0.1, 0.15) is 0 Å². The van der Waals surface area contributed by atoms with Crippen molar-refractivity contribution in [1.29, 1.82) is 0 Å². The molecule has 0 atom stereocenters. The number of ether oxygens (including phenoxy) is 1. The highest BCUT2D eigenvalue weighted by molar-refractivity contribution is 5.89. The van der Waals surface area contributed by atoms with E-state index in [9.17, 15) is 9.59 Å². The molecular formula is C27H32N8O3. The number of rotatable bonds is 7. The maximum absolute atomic E-state index is 13.0. The van der Waals surface area contributed by atoms with Crippen molar-refractivity contribution >= 4 is 17.5 Å². The van der Waals surface area contributed by atoms with Gasteiger partial charge in [0.2, 0.25) is 5.91 Å². The SMILES string of the molecule is COC(=O)c1ccc(CN2CCN(C(=O)CCc3c(C)nn(-c4ccc5nnc(C)n5n4)c3C)CC2)cc1. The predicted octanol–water partition coefficient (Wildman–Crippen LogP) is 2.30. The number of benzene rings is 1. The Balaban J connectivity index is 1.15. The predicted molar refractivity (Wildman–Crippen MR) is 140 cm³/mol. The van der Waals surface area contributed by atoms with Gasteiger partial charge in [-0.2, -0.15) is 9.61 Å². The summed E-state index contributed by atoms with van der Waals surface area (Å²) in [5.41, 5.74) is 5.33. The normalized spacial score (nSPS) is 14.3. The number of nitrogens with zero attached hydrogens (tertiary/aromatic N) is 8. The van der Waals surface area contributed by atoms with Crippen molar-refractivity contribution in [2.45, 2.75) is 40.2 Å². The van der Waals surface area contributed by atoms with Gasteiger partial charge in [-0.1, -0.05) is 12.1 Å². The van der Waals surface area contributed by atoms with E-state index < -0.39 is 0 Å². The average Bonchev–Trinajstić information content (AvgIpc) is 3.45. The van der Waals surface area contributed by atoms with Gasteiger partial charge in [0.05, 0.1) is 18.4 Å². The van der Waals surface area contributed by atoms with Gasteiger partial charge in [-0.3, -0.25) is 9.69 Å². The molecule has 4 aromatic rings. The smallest absolute Gasteiger partial charge is 0.337 e. The number of esters is 1. The zero-order valence-electron chi connectivity index (χ0n) is 22.2. The van der Waals surface area contributed by atoms with Crippen molar-refractivity contribution in [1.82, 2.24) is 39.4 Å². The van der Waals surface area contributed by atoms with Gasteiger partial charge in [0, 0.05) is 44.8 Å². The van der Waals surface area contributed by atoms with Crippen LogP contribution in [0.15, 0.2) is 36.4 Å². The van der Waals surface area contributed by atoms with Gasteiger partial charge in [-0.05, 0) is 62.6 Å². The minimum atomic E-state index is -0.332. The molecule has 0 radical (unpaired) electrons. The topological polar surface area (TPSA) is 111 Å². The van der Waals surface area contributed by atoms with E-state index in [1.165, 1.54) is 7.11 Å². The van der Waals surface area contributed by atoms with Gasteiger partial charge >= 0.3 is 5.97 Å². The fourth-order valence-corrected chi connectivity index (χ4v) is 4.93. The summed E-state index contributed by atoms with van der Waals surface area (Å²) in [6.45, 7) is 9.68. The van der Waals surface area contributed by atoms with Crippen molar-refractivity contribution in [3.8, 4) is 5.82 Å². The van der Waals surface area contributed by atoms with Crippen LogP contribution < -0.4 is 0 Å². The van der Waals surface area contributed by atoms with E-state index in [4.69, 9.17) is 9.84 Å². The second kappa shape index (κ2) is 10.7. The van der Waals surface area contributed by atoms with Crippen molar-refractivity contribution in [2.24, 2.45) is 0 Å². The first-order valence-corrected chi connectivity index (χ1v) is 12.8. The van der Waals surface area contributed by atoms with Gasteiger partial charge in [-0.25, -0.2) is 9.48 Å². The highest BCUT2D eigenvalue weighted by atomic mass is 16.5. The molecule has 11 nitrogen and oxygen atoms in total. The van der Waals surface area contributed by atoms with E-state index in [0.717, 1.165) is 42.1 Å². The quantitative estimate of drug-likeness (QED) is 0.344. The summed E-state index contributed by atoms with van der Waals surface area (Å²) >= 11 is 0. The van der Waals surface area contributed by atoms with E-state index in [1.54, 1.807) is 16.6 Å². The molecule has 38 heavy (non-hydrogen) atoms. The molecule has 1 fully saturated rings. The Hall–Kier alpha value is -4.12. The molecule has 198 valence electrons. The van der Waals surface area contributed by atoms with E-state index in [2.05, 4.69) is 20.2 Å². The molecule has 1 aromatic carbocycles. The number of piperazine rings is 1. The lowest BCUT2D eigenvalue weighted by molar-refractivity contribution is -0.133. The summed E-state index contributed by atoms with van der Waals surface area (Å²) in [5.74, 6) is 1.24. The summed E-state index contributed by atoms with van der Waals surface area (Å²) in [7, 11) is 1.38. The Morgan fingerprint density at radius 1 is 0.921 bits per heavy atom. The van der Waals surface area contributed by atoms with Gasteiger partial charge < -0.3 is 9.64 Å². The van der Waals surface area contributed by atoms with Crippen LogP contribution in [-0.2, 0) is 22.5 Å². The average molecular weight is 517 g/mol. The van der Waals surface area contributed by atoms with Crippen molar-refractivity contribution in [3.63, 3.8) is 0 Å². The first-order valence-electron chi connectivity index (χ1n) is 12.8. The van der Waals surface area contributed by atoms with Gasteiger partial charge in [0.15, 0.2) is 17.3 Å². The summed E-state index contributed by atoms with van der Waals surface area (Å²) < 4.78 is 8.28. The van der Waals surface area contributed by atoms with Crippen LogP contribution in [0.25, 0.3) is 11.5 Å². The molecule has 4 heterocycles. The van der Waals surface area contributed by atoms with Gasteiger partial charge in [-0.15, -0.1) is 15.3 Å². The molecule has 1 saturated heterocycles. The van der Waals surface area contributed by atoms with Crippen LogP contribution in [0.5, 0.6) is 0 Å². The van der Waals surface area contributed by atoms with Crippen LogP contribution in [0, 0.1) is 20.8 Å². The third-order valence-electron chi connectivity index (χ3n) is 7.16. The number of hydrogen-bond donors (Lipinski definition) is 0. The second-order valence-electron chi connectivity index (χ2n) is 9.62. The number of hydrogen-bond acceptors (Lipinski definition) is 8. The van der Waals surface area contributed by atoms with Gasteiger partial charge in [0.25, 0.3) is 0 Å². The monoisotopic (exact) mass is 516 g/mol. The minimum Gasteiger partial charge on any atom is -0.465 e. The second-order valence-corrected chi connectivity index (χ2v) is 9.62. The van der Waals surface area contributed by atoms with E-state index in [0.29, 0.717) is 48.8 Å². The lowest BCUT2D eigenvalue weighted by Gasteiger charge is -2.35. The lowest BCUT2D eigenvalue weighted by Crippen LogP contribution is -2.48. The summed E-state index contributed by atoms with van der Waals surface area (Å²) in [6, 6.07) is 11.2. The molecule has 0 aliphatic carbocycles. The number of amides is 1. The number of aromatic nitrogens is 6. The molecule has 1 aliphatic rings. The Labute approximate surface area is 221 Å². The molecule has 0 N–H and O–H groups in total. The van der Waals surface area contributed by atoms with Crippen LogP contribution in [-0.4, -0.2) is 84.6 Å². The fraction of sp³-hybridized carbons (Fsp3) is 0.407. The Bertz CT molecular complexity index is 1470. The third kappa shape index (κ3) is 5.14. The van der Waals surface area contributed by atoms with E-state index >= 15 is 0 Å². The Kier molecular flexibility index (Phi) is 7.19. The highest BCUT2D eigenvalue weighted by Crippen LogP contribution is 2.20. The van der Waals surface area contributed by atoms with Crippen molar-refractivity contribution in [2.75, 3.05) is 33.3 Å². The Morgan fingerprint density at radius 2 is 1.66 bits per heavy atom. The zero-order valence-corrected chi connectivity index (χ0v) is 22.2. The molecule has 0 spiro atoms. The Morgan fingerprint density at radius 3 is 2.37 bits per heavy atom. The minimum absolute atomic E-state index is 0.165. The number of carbonyl (C=O) groups excluding carboxylic acids is 2. The van der Waals surface area contributed by atoms with Crippen LogP contribution in [0.2, 0.25) is 0 Å². The standard InChI is InChI=1S/C27H32N8O3/c1-18-23(19(2)34(30-18)25-11-10-24-29-28-20(3)35(24)31-25)9-12-26(36)33-15-13-32(14-16-33)17-21-5-7-22(8-6-21)27(37)38-4/h5-8,10-11H,9,12-17H2,1-4H3. The van der Waals surface area contributed by atoms with Crippen LogP contribution in [0.3, 0.4) is 0 Å². The number of methoxy groups -OCH3 is 1. The molecule has 0 unspecified atom stereocenters. The number of fused-ring (bicyclic) bond motifs is 1. The summed E-state index contributed by atoms with van der Waals surface area (Å²) in [6.07, 6.45) is 1.08. The number of aryl methyl sites for hydroxylation is 2. The molecule has 11 heteroatoms.